The van der Waals surface area contributed by atoms with Crippen molar-refractivity contribution in [1.82, 2.24) is 9.61 Å². The Hall–Kier alpha value is -2.53. The van der Waals surface area contributed by atoms with Crippen molar-refractivity contribution in [2.75, 3.05) is 19.9 Å². The molecule has 2 heterocycles. The highest BCUT2D eigenvalue weighted by Crippen LogP contribution is 2.28. The van der Waals surface area contributed by atoms with Gasteiger partial charge in [-0.1, -0.05) is 12.1 Å². The third kappa shape index (κ3) is 2.57. The van der Waals surface area contributed by atoms with Gasteiger partial charge in [0.15, 0.2) is 0 Å². The average Bonchev–Trinajstić information content (AvgIpc) is 2.97. The van der Waals surface area contributed by atoms with Gasteiger partial charge in [-0.05, 0) is 36.9 Å². The molecule has 0 aliphatic carbocycles. The molecule has 4 N–H and O–H groups in total. The summed E-state index contributed by atoms with van der Waals surface area (Å²) in [6.45, 7) is 0. The molecule has 0 bridgehead atoms. The third-order valence-corrected chi connectivity index (χ3v) is 2.94. The number of methoxy groups -OCH3 is 1. The fraction of sp³-hybridized carbons (Fsp3) is 0.133. The number of ether oxygens (including phenoxy) is 1. The van der Waals surface area contributed by atoms with Gasteiger partial charge in [-0.3, -0.25) is 0 Å². The molecule has 0 saturated heterocycles. The van der Waals surface area contributed by atoms with Crippen molar-refractivity contribution in [2.24, 2.45) is 5.73 Å². The molecule has 2 aromatic heterocycles. The minimum atomic E-state index is 0. The summed E-state index contributed by atoms with van der Waals surface area (Å²) in [4.78, 5) is 0. The fourth-order valence-corrected chi connectivity index (χ4v) is 2.01. The van der Waals surface area contributed by atoms with Gasteiger partial charge in [0.05, 0.1) is 25.0 Å². The van der Waals surface area contributed by atoms with E-state index >= 15 is 0 Å². The molecule has 20 heavy (non-hydrogen) atoms. The lowest BCUT2D eigenvalue weighted by atomic mass is 10.1. The number of aromatic nitrogens is 2. The zero-order valence-corrected chi connectivity index (χ0v) is 11.6. The molecule has 5 nitrogen and oxygen atoms in total. The molecule has 3 aromatic rings. The predicted molar refractivity (Wildman–Crippen MR) is 83.8 cm³/mol. The van der Waals surface area contributed by atoms with E-state index in [1.165, 1.54) is 7.05 Å². The van der Waals surface area contributed by atoms with E-state index in [1.54, 1.807) is 13.3 Å². The number of pyridine rings is 1. The van der Waals surface area contributed by atoms with Crippen LogP contribution in [0.4, 0.5) is 5.69 Å². The third-order valence-electron chi connectivity index (χ3n) is 2.94. The Morgan fingerprint density at radius 1 is 1.15 bits per heavy atom. The quantitative estimate of drug-likeness (QED) is 0.703. The topological polar surface area (TPSA) is 78.6 Å². The Morgan fingerprint density at radius 2 is 1.85 bits per heavy atom. The maximum absolute atomic E-state index is 5.71. The minimum absolute atomic E-state index is 0. The van der Waals surface area contributed by atoms with E-state index in [1.807, 2.05) is 47.1 Å². The van der Waals surface area contributed by atoms with Crippen molar-refractivity contribution >= 4 is 11.2 Å². The van der Waals surface area contributed by atoms with E-state index in [2.05, 4.69) is 10.8 Å². The smallest absolute Gasteiger partial charge is 0.137 e. The summed E-state index contributed by atoms with van der Waals surface area (Å²) >= 11 is 0. The van der Waals surface area contributed by atoms with Crippen LogP contribution >= 0.6 is 0 Å². The number of hydrogen-bond acceptors (Lipinski definition) is 4. The number of anilines is 1. The van der Waals surface area contributed by atoms with Crippen LogP contribution < -0.4 is 16.2 Å². The van der Waals surface area contributed by atoms with E-state index < -0.39 is 0 Å². The molecule has 106 valence electrons. The minimum Gasteiger partial charge on any atom is -0.495 e. The van der Waals surface area contributed by atoms with Crippen molar-refractivity contribution in [3.8, 4) is 16.9 Å². The maximum atomic E-state index is 5.71. The molecule has 3 rings (SSSR count). The van der Waals surface area contributed by atoms with Crippen LogP contribution in [0.2, 0.25) is 0 Å². The molecular weight excluding hydrogens is 252 g/mol. The lowest BCUT2D eigenvalue weighted by Crippen LogP contribution is -1.93. The van der Waals surface area contributed by atoms with Crippen LogP contribution in [-0.2, 0) is 0 Å². The highest BCUT2D eigenvalue weighted by Gasteiger charge is 2.07. The number of fused-ring (bicyclic) bond motifs is 1. The largest absolute Gasteiger partial charge is 0.495 e. The first-order valence-corrected chi connectivity index (χ1v) is 6.23. The molecule has 0 aliphatic rings. The highest BCUT2D eigenvalue weighted by molar-refractivity contribution is 5.81. The Balaban J connectivity index is 0.000000706. The zero-order chi connectivity index (χ0) is 14.5. The van der Waals surface area contributed by atoms with Gasteiger partial charge in [0.1, 0.15) is 5.75 Å². The van der Waals surface area contributed by atoms with Crippen molar-refractivity contribution < 1.29 is 6.16 Å². The average molecular weight is 273 g/mol. The monoisotopic (exact) mass is 273 g/mol. The molecule has 0 saturated carbocycles. The fourth-order valence-electron chi connectivity index (χ4n) is 2.01. The SMILES string of the molecule is CN.COc1cc(-c2ccc(N)cc2)c2ccnn2c1.[2HH]. The van der Waals surface area contributed by atoms with E-state index in [4.69, 9.17) is 10.5 Å². The van der Waals surface area contributed by atoms with Crippen LogP contribution in [0.25, 0.3) is 16.6 Å². The molecule has 0 spiro atoms. The lowest BCUT2D eigenvalue weighted by Gasteiger charge is -2.08. The first-order valence-electron chi connectivity index (χ1n) is 6.23. The first kappa shape index (κ1) is 13.9. The standard InChI is InChI=1S/C14H13N3O.CH5N.H2/c1-18-12-8-13(10-2-4-11(15)5-3-10)14-6-7-16-17(14)9-12;1-2;/h2-9H,15H2,1H3;2H2,1H3;1H/i;;1+1. The summed E-state index contributed by atoms with van der Waals surface area (Å²) in [6, 6.07) is 11.8. The Morgan fingerprint density at radius 3 is 2.50 bits per heavy atom. The Labute approximate surface area is 119 Å². The van der Waals surface area contributed by atoms with Crippen molar-refractivity contribution in [3.05, 3.63) is 48.8 Å². The van der Waals surface area contributed by atoms with Crippen molar-refractivity contribution in [3.63, 3.8) is 0 Å². The number of rotatable bonds is 2. The number of nitrogens with two attached hydrogens (primary N) is 2. The molecule has 0 radical (unpaired) electrons. The van der Waals surface area contributed by atoms with E-state index in [0.717, 1.165) is 28.1 Å². The summed E-state index contributed by atoms with van der Waals surface area (Å²) in [5, 5.41) is 4.24. The van der Waals surface area contributed by atoms with E-state index in [-0.39, 0.29) is 1.43 Å². The van der Waals surface area contributed by atoms with Gasteiger partial charge in [-0.2, -0.15) is 5.10 Å². The maximum Gasteiger partial charge on any atom is 0.137 e. The van der Waals surface area contributed by atoms with Crippen LogP contribution in [0, 0.1) is 0 Å². The van der Waals surface area contributed by atoms with Gasteiger partial charge >= 0.3 is 0 Å². The summed E-state index contributed by atoms with van der Waals surface area (Å²) in [5.74, 6) is 0.776. The molecule has 0 fully saturated rings. The first-order chi connectivity index (χ1) is 9.78. The van der Waals surface area contributed by atoms with E-state index in [9.17, 15) is 0 Å². The van der Waals surface area contributed by atoms with Gasteiger partial charge in [0.25, 0.3) is 0 Å². The van der Waals surface area contributed by atoms with Crippen LogP contribution in [0.3, 0.4) is 0 Å². The van der Waals surface area contributed by atoms with Gasteiger partial charge in [0.2, 0.25) is 0 Å². The normalized spacial score (nSPS) is 9.95. The van der Waals surface area contributed by atoms with Crippen LogP contribution in [0.1, 0.15) is 1.43 Å². The number of benzene rings is 1. The van der Waals surface area contributed by atoms with Gasteiger partial charge in [-0.25, -0.2) is 4.52 Å². The summed E-state index contributed by atoms with van der Waals surface area (Å²) < 4.78 is 7.10. The number of nitrogens with zero attached hydrogens (tertiary/aromatic N) is 2. The van der Waals surface area contributed by atoms with Crippen LogP contribution in [-0.4, -0.2) is 23.8 Å². The zero-order valence-electron chi connectivity index (χ0n) is 11.6. The Kier molecular flexibility index (Phi) is 4.22. The molecule has 0 aliphatic heterocycles. The highest BCUT2D eigenvalue weighted by atomic mass is 16.5. The molecule has 0 atom stereocenters. The van der Waals surface area contributed by atoms with Gasteiger partial charge in [-0.15, -0.1) is 0 Å². The second-order valence-corrected chi connectivity index (χ2v) is 4.08. The number of nitrogen functional groups attached to an aromatic ring is 1. The van der Waals surface area contributed by atoms with Crippen LogP contribution in [0.15, 0.2) is 48.8 Å². The molecule has 5 heteroatoms. The Bertz CT molecular complexity index is 694. The molecule has 0 amide bonds. The van der Waals surface area contributed by atoms with Gasteiger partial charge in [0, 0.05) is 12.7 Å². The van der Waals surface area contributed by atoms with Gasteiger partial charge < -0.3 is 16.2 Å². The van der Waals surface area contributed by atoms with Crippen LogP contribution in [0.5, 0.6) is 5.75 Å². The second-order valence-electron chi connectivity index (χ2n) is 4.08. The summed E-state index contributed by atoms with van der Waals surface area (Å²) in [6.07, 6.45) is 3.63. The van der Waals surface area contributed by atoms with Crippen molar-refractivity contribution in [1.29, 1.82) is 0 Å². The number of hydrogen-bond donors (Lipinski definition) is 2. The molecule has 1 aromatic carbocycles. The molecule has 0 unspecified atom stereocenters. The summed E-state index contributed by atoms with van der Waals surface area (Å²) in [5.41, 5.74) is 14.2. The summed E-state index contributed by atoms with van der Waals surface area (Å²) in [7, 11) is 3.15. The lowest BCUT2D eigenvalue weighted by molar-refractivity contribution is 0.412. The van der Waals surface area contributed by atoms with E-state index in [0.29, 0.717) is 0 Å². The second kappa shape index (κ2) is 6.08. The predicted octanol–water partition coefficient (Wildman–Crippen LogP) is 2.41. The van der Waals surface area contributed by atoms with Crippen molar-refractivity contribution in [2.45, 2.75) is 0 Å². The molecular formula is C15H20N4O.